The van der Waals surface area contributed by atoms with E-state index in [1.165, 1.54) is 22.5 Å². The van der Waals surface area contributed by atoms with E-state index in [1.807, 2.05) is 6.92 Å². The number of carbonyl (C=O) groups is 2. The van der Waals surface area contributed by atoms with E-state index in [0.717, 1.165) is 19.3 Å². The molecule has 7 nitrogen and oxygen atoms in total. The van der Waals surface area contributed by atoms with Crippen LogP contribution in [0.4, 0.5) is 4.39 Å². The number of carboxylic acid groups (broad SMARTS) is 1. The van der Waals surface area contributed by atoms with Crippen LogP contribution >= 0.6 is 0 Å². The zero-order valence-electron chi connectivity index (χ0n) is 14.7. The molecule has 2 unspecified atom stereocenters. The van der Waals surface area contributed by atoms with E-state index < -0.39 is 34.6 Å². The Balaban J connectivity index is 2.34. The Morgan fingerprint density at radius 3 is 2.65 bits per heavy atom. The summed E-state index contributed by atoms with van der Waals surface area (Å²) in [5.41, 5.74) is 0.478. The average Bonchev–Trinajstić information content (AvgIpc) is 2.59. The van der Waals surface area contributed by atoms with Crippen LogP contribution in [0.3, 0.4) is 0 Å². The van der Waals surface area contributed by atoms with Gasteiger partial charge in [-0.3, -0.25) is 4.79 Å². The lowest BCUT2D eigenvalue weighted by Crippen LogP contribution is -2.43. The molecular formula is C17H23FN2O5S. The van der Waals surface area contributed by atoms with Crippen LogP contribution in [-0.4, -0.2) is 55.0 Å². The van der Waals surface area contributed by atoms with Gasteiger partial charge in [-0.1, -0.05) is 12.5 Å². The fraction of sp³-hybridized carbons (Fsp3) is 0.529. The summed E-state index contributed by atoms with van der Waals surface area (Å²) in [5, 5.41) is 10.9. The molecule has 0 aliphatic carbocycles. The van der Waals surface area contributed by atoms with Crippen molar-refractivity contribution in [2.75, 3.05) is 13.2 Å². The van der Waals surface area contributed by atoms with Gasteiger partial charge >= 0.3 is 5.97 Å². The number of hydrogen-bond acceptors (Lipinski definition) is 4. The van der Waals surface area contributed by atoms with Gasteiger partial charge in [0.25, 0.3) is 5.91 Å². The van der Waals surface area contributed by atoms with Gasteiger partial charge < -0.3 is 10.4 Å². The third-order valence-electron chi connectivity index (χ3n) is 4.56. The van der Waals surface area contributed by atoms with Gasteiger partial charge in [0.2, 0.25) is 10.0 Å². The maximum absolute atomic E-state index is 12.9. The van der Waals surface area contributed by atoms with E-state index in [0.29, 0.717) is 12.1 Å². The van der Waals surface area contributed by atoms with Crippen molar-refractivity contribution in [3.8, 4) is 0 Å². The van der Waals surface area contributed by atoms with E-state index >= 15 is 0 Å². The summed E-state index contributed by atoms with van der Waals surface area (Å²) in [4.78, 5) is 23.2. The fourth-order valence-electron chi connectivity index (χ4n) is 2.97. The molecule has 0 radical (unpaired) electrons. The van der Waals surface area contributed by atoms with Crippen LogP contribution in [0.5, 0.6) is 0 Å². The molecule has 1 heterocycles. The molecule has 26 heavy (non-hydrogen) atoms. The minimum atomic E-state index is -3.77. The number of alkyl halides is 1. The number of carboxylic acids is 1. The Kier molecular flexibility index (Phi) is 6.35. The summed E-state index contributed by atoms with van der Waals surface area (Å²) in [7, 11) is -3.77. The highest BCUT2D eigenvalue weighted by Gasteiger charge is 2.32. The maximum atomic E-state index is 12.9. The highest BCUT2D eigenvalue weighted by molar-refractivity contribution is 7.89. The van der Waals surface area contributed by atoms with Crippen molar-refractivity contribution in [1.82, 2.24) is 9.62 Å². The number of nitrogens with one attached hydrogen (secondary N) is 1. The Morgan fingerprint density at radius 2 is 2.08 bits per heavy atom. The van der Waals surface area contributed by atoms with Crippen LogP contribution in [0, 0.1) is 6.92 Å². The van der Waals surface area contributed by atoms with E-state index in [4.69, 9.17) is 5.11 Å². The van der Waals surface area contributed by atoms with Crippen molar-refractivity contribution in [1.29, 1.82) is 0 Å². The number of aryl methyl sites for hydroxylation is 1. The lowest BCUT2D eigenvalue weighted by atomic mass is 10.1. The first-order valence-corrected chi connectivity index (χ1v) is 9.84. The van der Waals surface area contributed by atoms with Gasteiger partial charge in [-0.05, 0) is 44.4 Å². The van der Waals surface area contributed by atoms with Crippen molar-refractivity contribution in [3.05, 3.63) is 29.3 Å². The number of aliphatic carboxylic acids is 1. The third-order valence-corrected chi connectivity index (χ3v) is 6.57. The minimum Gasteiger partial charge on any atom is -0.480 e. The van der Waals surface area contributed by atoms with Crippen LogP contribution in [-0.2, 0) is 14.8 Å². The first-order valence-electron chi connectivity index (χ1n) is 8.40. The summed E-state index contributed by atoms with van der Waals surface area (Å²) in [6.07, 6.45) is 2.52. The normalized spacial score (nSPS) is 19.7. The molecule has 1 aromatic rings. The molecule has 1 saturated heterocycles. The van der Waals surface area contributed by atoms with Gasteiger partial charge in [-0.15, -0.1) is 0 Å². The van der Waals surface area contributed by atoms with Crippen LogP contribution in [0.1, 0.15) is 42.1 Å². The van der Waals surface area contributed by atoms with Gasteiger partial charge in [0.05, 0.1) is 4.90 Å². The van der Waals surface area contributed by atoms with Crippen LogP contribution < -0.4 is 5.32 Å². The van der Waals surface area contributed by atoms with Crippen molar-refractivity contribution < 1.29 is 27.5 Å². The van der Waals surface area contributed by atoms with Crippen LogP contribution in [0.25, 0.3) is 0 Å². The standard InChI is InChI=1S/C17H23FN2O5S/c1-11-6-7-13(26(24,25)20-8-4-3-5-12(20)2)9-14(11)16(21)19-15(10-18)17(22)23/h6-7,9,12,15H,3-5,8,10H2,1-2H3,(H,19,21)(H,22,23). The molecule has 2 atom stereocenters. The highest BCUT2D eigenvalue weighted by Crippen LogP contribution is 2.26. The van der Waals surface area contributed by atoms with Crippen molar-refractivity contribution in [2.45, 2.75) is 50.1 Å². The molecule has 0 aromatic heterocycles. The number of amides is 1. The SMILES string of the molecule is Cc1ccc(S(=O)(=O)N2CCCCC2C)cc1C(=O)NC(CF)C(=O)O. The topological polar surface area (TPSA) is 104 Å². The van der Waals surface area contributed by atoms with Gasteiger partial charge in [-0.25, -0.2) is 17.6 Å². The second kappa shape index (κ2) is 8.13. The number of nitrogens with zero attached hydrogens (tertiary/aromatic N) is 1. The zero-order chi connectivity index (χ0) is 19.5. The van der Waals surface area contributed by atoms with Gasteiger partial charge in [0, 0.05) is 18.2 Å². The lowest BCUT2D eigenvalue weighted by Gasteiger charge is -2.32. The number of hydrogen-bond donors (Lipinski definition) is 2. The molecule has 1 aromatic carbocycles. The summed E-state index contributed by atoms with van der Waals surface area (Å²) in [6.45, 7) is 2.60. The number of benzene rings is 1. The summed E-state index contributed by atoms with van der Waals surface area (Å²) < 4.78 is 40.0. The number of piperidine rings is 1. The Hall–Kier alpha value is -2.00. The Morgan fingerprint density at radius 1 is 1.38 bits per heavy atom. The van der Waals surface area contributed by atoms with E-state index in [-0.39, 0.29) is 16.5 Å². The summed E-state index contributed by atoms with van der Waals surface area (Å²) in [5.74, 6) is -2.32. The molecule has 1 fully saturated rings. The first-order chi connectivity index (χ1) is 12.2. The average molecular weight is 386 g/mol. The Bertz CT molecular complexity index is 796. The van der Waals surface area contributed by atoms with Crippen LogP contribution in [0.2, 0.25) is 0 Å². The molecule has 144 valence electrons. The Labute approximate surface area is 152 Å². The van der Waals surface area contributed by atoms with Crippen molar-refractivity contribution in [2.24, 2.45) is 0 Å². The smallest absolute Gasteiger partial charge is 0.328 e. The minimum absolute atomic E-state index is 0.00966. The molecule has 0 spiro atoms. The first kappa shape index (κ1) is 20.3. The van der Waals surface area contributed by atoms with Gasteiger partial charge in [-0.2, -0.15) is 4.31 Å². The third kappa shape index (κ3) is 4.21. The molecule has 0 bridgehead atoms. The molecule has 2 N–H and O–H groups in total. The highest BCUT2D eigenvalue weighted by atomic mass is 32.2. The molecule has 1 aliphatic rings. The van der Waals surface area contributed by atoms with Crippen molar-refractivity contribution >= 4 is 21.9 Å². The number of halogens is 1. The number of rotatable bonds is 6. The van der Waals surface area contributed by atoms with E-state index in [1.54, 1.807) is 6.92 Å². The molecule has 1 aliphatic heterocycles. The molecular weight excluding hydrogens is 363 g/mol. The summed E-state index contributed by atoms with van der Waals surface area (Å²) in [6, 6.07) is 2.33. The zero-order valence-corrected chi connectivity index (χ0v) is 15.6. The maximum Gasteiger partial charge on any atom is 0.328 e. The lowest BCUT2D eigenvalue weighted by molar-refractivity contribution is -0.139. The second-order valence-electron chi connectivity index (χ2n) is 6.46. The second-order valence-corrected chi connectivity index (χ2v) is 8.35. The van der Waals surface area contributed by atoms with E-state index in [9.17, 15) is 22.4 Å². The monoisotopic (exact) mass is 386 g/mol. The fourth-order valence-corrected chi connectivity index (χ4v) is 4.70. The molecule has 1 amide bonds. The van der Waals surface area contributed by atoms with Crippen LogP contribution in [0.15, 0.2) is 23.1 Å². The largest absolute Gasteiger partial charge is 0.480 e. The quantitative estimate of drug-likeness (QED) is 0.775. The molecule has 0 saturated carbocycles. The van der Waals surface area contributed by atoms with Crippen molar-refractivity contribution in [3.63, 3.8) is 0 Å². The number of sulfonamides is 1. The van der Waals surface area contributed by atoms with E-state index in [2.05, 4.69) is 5.32 Å². The molecule has 2 rings (SSSR count). The predicted molar refractivity (Wildman–Crippen MR) is 93.2 cm³/mol. The summed E-state index contributed by atoms with van der Waals surface area (Å²) >= 11 is 0. The number of carbonyl (C=O) groups excluding carboxylic acids is 1. The molecule has 9 heteroatoms. The van der Waals surface area contributed by atoms with Gasteiger partial charge in [0.1, 0.15) is 6.67 Å². The van der Waals surface area contributed by atoms with Gasteiger partial charge in [0.15, 0.2) is 6.04 Å². The predicted octanol–water partition coefficient (Wildman–Crippen LogP) is 1.71.